The van der Waals surface area contributed by atoms with Crippen molar-refractivity contribution in [3.63, 3.8) is 0 Å². The molecule has 0 amide bonds. The minimum atomic E-state index is 0.542. The summed E-state index contributed by atoms with van der Waals surface area (Å²) in [6.07, 6.45) is 0. The zero-order valence-corrected chi connectivity index (χ0v) is 8.86. The predicted octanol–water partition coefficient (Wildman–Crippen LogP) is 4.86. The summed E-state index contributed by atoms with van der Waals surface area (Å²) < 4.78 is 1.06. The largest absolute Gasteiger partial charge is 0.142 e. The van der Waals surface area contributed by atoms with E-state index in [-0.39, 0.29) is 0 Å². The minimum Gasteiger partial charge on any atom is -0.142 e. The number of halogens is 3. The Morgan fingerprint density at radius 2 is 1.75 bits per heavy atom. The highest BCUT2D eigenvalue weighted by molar-refractivity contribution is 7.18. The molecule has 0 atom stereocenters. The molecule has 1 aromatic carbocycles. The van der Waals surface area contributed by atoms with Crippen LogP contribution in [0.4, 0.5) is 0 Å². The summed E-state index contributed by atoms with van der Waals surface area (Å²) in [5.74, 6) is 0. The average molecular weight is 238 g/mol. The first-order chi connectivity index (χ1) is 5.70. The van der Waals surface area contributed by atoms with Crippen LogP contribution in [-0.2, 0) is 0 Å². The Balaban J connectivity index is 2.96. The summed E-state index contributed by atoms with van der Waals surface area (Å²) in [5.41, 5.74) is 0. The maximum Gasteiger partial charge on any atom is 0.0694 e. The van der Waals surface area contributed by atoms with Crippen LogP contribution in [0.15, 0.2) is 17.5 Å². The van der Waals surface area contributed by atoms with Crippen molar-refractivity contribution < 1.29 is 0 Å². The van der Waals surface area contributed by atoms with Crippen LogP contribution in [-0.4, -0.2) is 0 Å². The van der Waals surface area contributed by atoms with Crippen molar-refractivity contribution >= 4 is 56.2 Å². The van der Waals surface area contributed by atoms with Gasteiger partial charge in [-0.25, -0.2) is 0 Å². The zero-order chi connectivity index (χ0) is 8.72. The lowest BCUT2D eigenvalue weighted by atomic mass is 10.3. The molecule has 1 aromatic heterocycles. The maximum absolute atomic E-state index is 5.96. The van der Waals surface area contributed by atoms with Gasteiger partial charge in [-0.1, -0.05) is 34.8 Å². The molecule has 0 spiro atoms. The monoisotopic (exact) mass is 236 g/mol. The first-order valence-electron chi connectivity index (χ1n) is 3.21. The molecule has 2 aromatic rings. The standard InChI is InChI=1S/C8H3Cl3S/c9-4-1-2-6-7(8(4)11)5(10)3-12-6/h1-3H. The topological polar surface area (TPSA) is 0 Å². The van der Waals surface area contributed by atoms with E-state index in [0.29, 0.717) is 15.1 Å². The number of hydrogen-bond acceptors (Lipinski definition) is 1. The van der Waals surface area contributed by atoms with Gasteiger partial charge in [-0.2, -0.15) is 0 Å². The van der Waals surface area contributed by atoms with E-state index >= 15 is 0 Å². The van der Waals surface area contributed by atoms with E-state index in [2.05, 4.69) is 0 Å². The van der Waals surface area contributed by atoms with Crippen molar-refractivity contribution in [2.45, 2.75) is 0 Å². The lowest BCUT2D eigenvalue weighted by Gasteiger charge is -1.96. The molecule has 62 valence electrons. The van der Waals surface area contributed by atoms with Gasteiger partial charge in [-0.05, 0) is 12.1 Å². The third kappa shape index (κ3) is 1.21. The summed E-state index contributed by atoms with van der Waals surface area (Å²) in [4.78, 5) is 0. The van der Waals surface area contributed by atoms with Crippen LogP contribution in [0.3, 0.4) is 0 Å². The van der Waals surface area contributed by atoms with Crippen molar-refractivity contribution in [3.8, 4) is 0 Å². The Morgan fingerprint density at radius 1 is 1.00 bits per heavy atom. The van der Waals surface area contributed by atoms with Crippen LogP contribution in [0.25, 0.3) is 10.1 Å². The molecular formula is C8H3Cl3S. The molecule has 0 aliphatic carbocycles. The molecular weight excluding hydrogens is 235 g/mol. The van der Waals surface area contributed by atoms with Gasteiger partial charge in [0.2, 0.25) is 0 Å². The second-order valence-corrected chi connectivity index (χ2v) is 4.42. The molecule has 0 radical (unpaired) electrons. The molecule has 0 aliphatic rings. The fourth-order valence-electron chi connectivity index (χ4n) is 1.03. The number of benzene rings is 1. The quantitative estimate of drug-likeness (QED) is 0.614. The summed E-state index contributed by atoms with van der Waals surface area (Å²) in [6, 6.07) is 3.69. The van der Waals surface area contributed by atoms with Gasteiger partial charge in [0.15, 0.2) is 0 Å². The first-order valence-corrected chi connectivity index (χ1v) is 5.22. The molecule has 0 N–H and O–H groups in total. The Kier molecular flexibility index (Phi) is 2.21. The Bertz CT molecular complexity index is 433. The maximum atomic E-state index is 5.96. The van der Waals surface area contributed by atoms with E-state index in [9.17, 15) is 0 Å². The highest BCUT2D eigenvalue weighted by atomic mass is 35.5. The number of thiophene rings is 1. The van der Waals surface area contributed by atoms with Gasteiger partial charge in [0.25, 0.3) is 0 Å². The molecule has 12 heavy (non-hydrogen) atoms. The molecule has 0 bridgehead atoms. The van der Waals surface area contributed by atoms with Crippen molar-refractivity contribution in [3.05, 3.63) is 32.6 Å². The van der Waals surface area contributed by atoms with Crippen molar-refractivity contribution in [2.24, 2.45) is 0 Å². The van der Waals surface area contributed by atoms with Crippen molar-refractivity contribution in [1.29, 1.82) is 0 Å². The lowest BCUT2D eigenvalue weighted by molar-refractivity contribution is 1.84. The molecule has 0 fully saturated rings. The SMILES string of the molecule is Clc1ccc2scc(Cl)c2c1Cl. The van der Waals surface area contributed by atoms with Gasteiger partial charge in [0.1, 0.15) is 0 Å². The highest BCUT2D eigenvalue weighted by Crippen LogP contribution is 2.38. The van der Waals surface area contributed by atoms with Gasteiger partial charge in [0, 0.05) is 15.5 Å². The van der Waals surface area contributed by atoms with E-state index in [1.807, 2.05) is 11.4 Å². The van der Waals surface area contributed by atoms with Crippen LogP contribution < -0.4 is 0 Å². The zero-order valence-electron chi connectivity index (χ0n) is 5.77. The summed E-state index contributed by atoms with van der Waals surface area (Å²) in [5, 5.41) is 4.47. The van der Waals surface area contributed by atoms with Crippen LogP contribution >= 0.6 is 46.1 Å². The highest BCUT2D eigenvalue weighted by Gasteiger charge is 2.08. The van der Waals surface area contributed by atoms with Crippen molar-refractivity contribution in [1.82, 2.24) is 0 Å². The first kappa shape index (κ1) is 8.64. The van der Waals surface area contributed by atoms with Gasteiger partial charge in [0.05, 0.1) is 15.1 Å². The van der Waals surface area contributed by atoms with Gasteiger partial charge in [-0.15, -0.1) is 11.3 Å². The van der Waals surface area contributed by atoms with E-state index in [1.54, 1.807) is 17.4 Å². The molecule has 0 unspecified atom stereocenters. The number of hydrogen-bond donors (Lipinski definition) is 0. The minimum absolute atomic E-state index is 0.542. The fraction of sp³-hybridized carbons (Fsp3) is 0. The molecule has 0 saturated carbocycles. The second kappa shape index (κ2) is 3.08. The molecule has 0 aliphatic heterocycles. The van der Waals surface area contributed by atoms with E-state index in [1.165, 1.54) is 0 Å². The van der Waals surface area contributed by atoms with Crippen molar-refractivity contribution in [2.75, 3.05) is 0 Å². The summed E-state index contributed by atoms with van der Waals surface area (Å²) >= 11 is 19.3. The third-order valence-corrected chi connectivity index (χ3v) is 3.76. The third-order valence-electron chi connectivity index (χ3n) is 1.58. The summed E-state index contributed by atoms with van der Waals surface area (Å²) in [6.45, 7) is 0. The fourth-order valence-corrected chi connectivity index (χ4v) is 2.77. The smallest absolute Gasteiger partial charge is 0.0694 e. The van der Waals surface area contributed by atoms with E-state index in [4.69, 9.17) is 34.8 Å². The van der Waals surface area contributed by atoms with Crippen LogP contribution in [0.1, 0.15) is 0 Å². The van der Waals surface area contributed by atoms with Crippen LogP contribution in [0.2, 0.25) is 15.1 Å². The molecule has 0 nitrogen and oxygen atoms in total. The molecule has 4 heteroatoms. The predicted molar refractivity (Wildman–Crippen MR) is 56.9 cm³/mol. The van der Waals surface area contributed by atoms with Crippen LogP contribution in [0, 0.1) is 0 Å². The molecule has 0 saturated heterocycles. The van der Waals surface area contributed by atoms with E-state index in [0.717, 1.165) is 10.1 Å². The second-order valence-electron chi connectivity index (χ2n) is 2.32. The van der Waals surface area contributed by atoms with Crippen LogP contribution in [0.5, 0.6) is 0 Å². The Hall–Kier alpha value is 0.0500. The van der Waals surface area contributed by atoms with Gasteiger partial charge in [-0.3, -0.25) is 0 Å². The average Bonchev–Trinajstić information content (AvgIpc) is 2.41. The normalized spacial score (nSPS) is 10.9. The Morgan fingerprint density at radius 3 is 2.50 bits per heavy atom. The van der Waals surface area contributed by atoms with E-state index < -0.39 is 0 Å². The molecule has 1 heterocycles. The lowest BCUT2D eigenvalue weighted by Crippen LogP contribution is -1.69. The summed E-state index contributed by atoms with van der Waals surface area (Å²) in [7, 11) is 0. The molecule has 2 rings (SSSR count). The Labute approximate surface area is 88.7 Å². The van der Waals surface area contributed by atoms with Gasteiger partial charge >= 0.3 is 0 Å². The van der Waals surface area contributed by atoms with Gasteiger partial charge < -0.3 is 0 Å². The number of fused-ring (bicyclic) bond motifs is 1. The number of rotatable bonds is 0.